The number of benzene rings is 3. The van der Waals surface area contributed by atoms with Gasteiger partial charge in [-0.3, -0.25) is 4.90 Å². The van der Waals surface area contributed by atoms with Gasteiger partial charge in [-0.25, -0.2) is 18.7 Å². The van der Waals surface area contributed by atoms with Crippen molar-refractivity contribution in [1.82, 2.24) is 19.9 Å². The first-order valence-corrected chi connectivity index (χ1v) is 22.1. The van der Waals surface area contributed by atoms with Crippen molar-refractivity contribution in [2.24, 2.45) is 0 Å². The monoisotopic (exact) mass is 777 g/mol. The van der Waals surface area contributed by atoms with Crippen LogP contribution >= 0.6 is 0 Å². The summed E-state index contributed by atoms with van der Waals surface area (Å²) in [7, 11) is -0.650. The van der Waals surface area contributed by atoms with Gasteiger partial charge in [0.2, 0.25) is 0 Å². The van der Waals surface area contributed by atoms with E-state index in [-0.39, 0.29) is 24.2 Å². The van der Waals surface area contributed by atoms with E-state index < -0.39 is 14.2 Å². The van der Waals surface area contributed by atoms with Gasteiger partial charge in [0.25, 0.3) is 0 Å². The number of methoxy groups -OCH3 is 1. The molecule has 0 radical (unpaired) electrons. The number of nitrogens with zero attached hydrogens (tertiary/aromatic N) is 4. The third-order valence-corrected chi connectivity index (χ3v) is 18.3. The van der Waals surface area contributed by atoms with Crippen LogP contribution < -0.4 is 14.8 Å². The Labute approximate surface area is 330 Å². The molecular weight excluding hydrogens is 725 g/mol. The molecule has 2 fully saturated rings. The molecule has 0 spiro atoms. The molecule has 1 N–H and O–H groups in total. The lowest BCUT2D eigenvalue weighted by molar-refractivity contribution is 0.0512. The maximum Gasteiger partial charge on any atom is 0.316 e. The SMILES string of the molecule is COCOc1cc(-c2cc3nc(OC[C@@]45CCCN4C[C@H](F)C5)ncc3c(NCc3ccccc3)n2)c2c(C#C[Si](C(C)C)(C(C)C)C(C)C)c(F)ccc2c1. The molecule has 11 heteroatoms. The van der Waals surface area contributed by atoms with Crippen molar-refractivity contribution in [1.29, 1.82) is 0 Å². The van der Waals surface area contributed by atoms with Gasteiger partial charge in [0.05, 0.1) is 27.7 Å². The van der Waals surface area contributed by atoms with Gasteiger partial charge in [0.1, 0.15) is 38.2 Å². The molecule has 2 aromatic heterocycles. The molecule has 56 heavy (non-hydrogen) atoms. The Morgan fingerprint density at radius 3 is 2.48 bits per heavy atom. The second-order valence-electron chi connectivity index (χ2n) is 16.3. The molecule has 2 aliphatic rings. The maximum atomic E-state index is 16.3. The molecule has 0 saturated carbocycles. The number of fused-ring (bicyclic) bond motifs is 3. The predicted octanol–water partition coefficient (Wildman–Crippen LogP) is 10.1. The van der Waals surface area contributed by atoms with Crippen molar-refractivity contribution in [3.63, 3.8) is 0 Å². The molecule has 3 aromatic carbocycles. The van der Waals surface area contributed by atoms with Crippen LogP contribution in [-0.4, -0.2) is 73.2 Å². The summed E-state index contributed by atoms with van der Waals surface area (Å²) in [4.78, 5) is 16.9. The number of pyridine rings is 1. The third-order valence-electron chi connectivity index (χ3n) is 12.0. The van der Waals surface area contributed by atoms with Crippen LogP contribution in [0.25, 0.3) is 32.9 Å². The Morgan fingerprint density at radius 2 is 1.75 bits per heavy atom. The van der Waals surface area contributed by atoms with E-state index in [0.29, 0.717) is 87.4 Å². The Balaban J connectivity index is 1.40. The zero-order chi connectivity index (χ0) is 39.6. The van der Waals surface area contributed by atoms with Crippen molar-refractivity contribution in [3.05, 3.63) is 83.8 Å². The standard InChI is InChI=1S/C45H53F2N5O3Si/c1-29(2)56(30(3)4,31(5)6)19-16-36-39(47)15-14-33-20-35(55-28-53-7)21-37(42(33)36)40-22-41-38(43(50-40)48-24-32-12-9-8-10-13-32)25-49-44(51-41)54-27-45-17-11-18-52(45)26-34(46)23-45/h8-10,12-15,20-22,25,29-31,34H,11,17-18,23-24,26-28H2,1-7H3,(H,48,50)/t34-,45+/m1/s1. The van der Waals surface area contributed by atoms with Crippen molar-refractivity contribution in [3.8, 4) is 34.5 Å². The molecule has 294 valence electrons. The van der Waals surface area contributed by atoms with E-state index in [1.807, 2.05) is 48.5 Å². The van der Waals surface area contributed by atoms with E-state index in [2.05, 4.69) is 68.2 Å². The third kappa shape index (κ3) is 7.71. The number of ether oxygens (including phenoxy) is 3. The number of aromatic nitrogens is 3. The molecule has 8 nitrogen and oxygen atoms in total. The quantitative estimate of drug-likeness (QED) is 0.0719. The second kappa shape index (κ2) is 16.5. The summed E-state index contributed by atoms with van der Waals surface area (Å²) in [5, 5.41) is 5.63. The molecule has 2 saturated heterocycles. The molecule has 4 heterocycles. The second-order valence-corrected chi connectivity index (χ2v) is 21.9. The lowest BCUT2D eigenvalue weighted by Gasteiger charge is -2.38. The van der Waals surface area contributed by atoms with Gasteiger partial charge in [0, 0.05) is 43.8 Å². The van der Waals surface area contributed by atoms with Gasteiger partial charge in [-0.05, 0) is 71.2 Å². The lowest BCUT2D eigenvalue weighted by Crippen LogP contribution is -2.43. The number of anilines is 1. The van der Waals surface area contributed by atoms with Gasteiger partial charge in [0.15, 0.2) is 6.79 Å². The molecule has 2 aliphatic heterocycles. The fourth-order valence-electron chi connectivity index (χ4n) is 9.34. The highest BCUT2D eigenvalue weighted by Gasteiger charge is 2.49. The van der Waals surface area contributed by atoms with Crippen LogP contribution in [0.3, 0.4) is 0 Å². The number of halogens is 2. The Hall–Kier alpha value is -4.63. The zero-order valence-corrected chi connectivity index (χ0v) is 34.6. The molecule has 0 unspecified atom stereocenters. The van der Waals surface area contributed by atoms with Crippen LogP contribution in [0.5, 0.6) is 11.8 Å². The van der Waals surface area contributed by atoms with Gasteiger partial charge in [-0.1, -0.05) is 83.9 Å². The van der Waals surface area contributed by atoms with Crippen LogP contribution in [0.2, 0.25) is 16.6 Å². The molecule has 2 atom stereocenters. The van der Waals surface area contributed by atoms with Crippen molar-refractivity contribution >= 4 is 35.6 Å². The predicted molar refractivity (Wildman–Crippen MR) is 223 cm³/mol. The van der Waals surface area contributed by atoms with Crippen LogP contribution in [0.4, 0.5) is 14.6 Å². The van der Waals surface area contributed by atoms with Crippen molar-refractivity contribution < 1.29 is 23.0 Å². The summed E-state index contributed by atoms with van der Waals surface area (Å²) in [5.74, 6) is 4.16. The highest BCUT2D eigenvalue weighted by atomic mass is 28.3. The van der Waals surface area contributed by atoms with E-state index in [1.54, 1.807) is 19.4 Å². The largest absolute Gasteiger partial charge is 0.468 e. The first-order valence-electron chi connectivity index (χ1n) is 19.8. The fourth-order valence-corrected chi connectivity index (χ4v) is 14.5. The fraction of sp³-hybridized carbons (Fsp3) is 0.444. The van der Waals surface area contributed by atoms with E-state index in [4.69, 9.17) is 24.2 Å². The number of rotatable bonds is 13. The summed E-state index contributed by atoms with van der Waals surface area (Å²) in [6, 6.07) is 19.2. The Bertz CT molecular complexity index is 2240. The highest BCUT2D eigenvalue weighted by Crippen LogP contribution is 2.43. The minimum Gasteiger partial charge on any atom is -0.468 e. The number of nitrogens with one attached hydrogen (secondary N) is 1. The van der Waals surface area contributed by atoms with Crippen LogP contribution in [0.1, 0.15) is 71.9 Å². The van der Waals surface area contributed by atoms with Crippen molar-refractivity contribution in [2.45, 2.75) is 95.7 Å². The first-order chi connectivity index (χ1) is 26.9. The van der Waals surface area contributed by atoms with Crippen LogP contribution in [0, 0.1) is 17.3 Å². The lowest BCUT2D eigenvalue weighted by atomic mass is 9.95. The van der Waals surface area contributed by atoms with Crippen LogP contribution in [-0.2, 0) is 11.3 Å². The average Bonchev–Trinajstić information content (AvgIpc) is 3.71. The molecule has 5 aromatic rings. The molecule has 0 aliphatic carbocycles. The van der Waals surface area contributed by atoms with E-state index in [1.165, 1.54) is 6.07 Å². The van der Waals surface area contributed by atoms with Gasteiger partial charge < -0.3 is 19.5 Å². The number of hydrogen-bond acceptors (Lipinski definition) is 8. The normalized spacial score (nSPS) is 18.5. The highest BCUT2D eigenvalue weighted by molar-refractivity contribution is 6.90. The van der Waals surface area contributed by atoms with Gasteiger partial charge >= 0.3 is 6.01 Å². The summed E-state index contributed by atoms with van der Waals surface area (Å²) in [5.41, 5.74) is 7.75. The van der Waals surface area contributed by atoms with E-state index in [0.717, 1.165) is 30.3 Å². The topological polar surface area (TPSA) is 81.6 Å². The van der Waals surface area contributed by atoms with Crippen LogP contribution in [0.15, 0.2) is 66.9 Å². The van der Waals surface area contributed by atoms with E-state index in [9.17, 15) is 4.39 Å². The molecule has 7 rings (SSSR count). The van der Waals surface area contributed by atoms with Gasteiger partial charge in [-0.15, -0.1) is 5.54 Å². The summed E-state index contributed by atoms with van der Waals surface area (Å²) >= 11 is 0. The Morgan fingerprint density at radius 1 is 0.982 bits per heavy atom. The minimum atomic E-state index is -2.22. The maximum absolute atomic E-state index is 16.3. The van der Waals surface area contributed by atoms with Gasteiger partial charge in [-0.2, -0.15) is 4.98 Å². The zero-order valence-electron chi connectivity index (χ0n) is 33.6. The average molecular weight is 778 g/mol. The summed E-state index contributed by atoms with van der Waals surface area (Å²) in [6.45, 7) is 15.7. The molecular formula is C45H53F2N5O3Si. The van der Waals surface area contributed by atoms with E-state index >= 15 is 4.39 Å². The minimum absolute atomic E-state index is 0.0368. The molecule has 0 bridgehead atoms. The summed E-state index contributed by atoms with van der Waals surface area (Å²) < 4.78 is 48.4. The first kappa shape index (κ1) is 39.6. The number of alkyl halides is 1. The smallest absolute Gasteiger partial charge is 0.316 e. The number of hydrogen-bond donors (Lipinski definition) is 1. The van der Waals surface area contributed by atoms with Crippen molar-refractivity contribution in [2.75, 3.05) is 38.9 Å². The molecule has 0 amide bonds. The summed E-state index contributed by atoms with van der Waals surface area (Å²) in [6.07, 6.45) is 3.21. The Kier molecular flexibility index (Phi) is 11.6.